The van der Waals surface area contributed by atoms with Gasteiger partial charge in [0.15, 0.2) is 23.0 Å². The molecule has 0 bridgehead atoms. The van der Waals surface area contributed by atoms with Gasteiger partial charge in [0.05, 0.1) is 24.0 Å². The molecule has 3 N–H and O–H groups in total. The fraction of sp³-hybridized carbons (Fsp3) is 0.0833. The van der Waals surface area contributed by atoms with Crippen molar-refractivity contribution in [3.05, 3.63) is 84.1 Å². The van der Waals surface area contributed by atoms with Crippen molar-refractivity contribution in [1.82, 2.24) is 20.1 Å². The number of hydrogen-bond donors (Lipinski definition) is 3. The molecule has 14 heteroatoms. The number of aromatic nitrogens is 3. The van der Waals surface area contributed by atoms with Crippen LogP contribution in [0.25, 0.3) is 5.69 Å². The van der Waals surface area contributed by atoms with Gasteiger partial charge in [0.1, 0.15) is 11.6 Å². The van der Waals surface area contributed by atoms with Gasteiger partial charge in [0.2, 0.25) is 0 Å². The Kier molecular flexibility index (Phi) is 6.28. The van der Waals surface area contributed by atoms with E-state index in [-0.39, 0.29) is 35.2 Å². The van der Waals surface area contributed by atoms with Crippen LogP contribution in [0.2, 0.25) is 0 Å². The number of pyridine rings is 1. The van der Waals surface area contributed by atoms with E-state index in [4.69, 9.17) is 9.47 Å². The average Bonchev–Trinajstić information content (AvgIpc) is 3.30. The summed E-state index contributed by atoms with van der Waals surface area (Å²) in [6.45, 7) is 0.109. The molecule has 0 saturated carbocycles. The minimum atomic E-state index is -4.89. The fourth-order valence-electron chi connectivity index (χ4n) is 3.63. The summed E-state index contributed by atoms with van der Waals surface area (Å²) in [5.41, 5.74) is -0.787. The number of amides is 3. The molecule has 10 nitrogen and oxygen atoms in total. The van der Waals surface area contributed by atoms with Gasteiger partial charge in [-0.05, 0) is 30.3 Å². The predicted octanol–water partition coefficient (Wildman–Crippen LogP) is 5.46. The second-order valence-electron chi connectivity index (χ2n) is 7.81. The molecule has 2 aromatic heterocycles. The number of benzene rings is 2. The SMILES string of the molecule is O=C1NCc2c(Oc3ccc(NC(=O)Oc4cnn(-c5ccccc5)c4C(F)(F)F)cc3F)ccnc2N1. The largest absolute Gasteiger partial charge is 0.454 e. The average molecular weight is 528 g/mol. The first-order chi connectivity index (χ1) is 18.2. The number of nitrogens with one attached hydrogen (secondary N) is 3. The lowest BCUT2D eigenvalue weighted by Crippen LogP contribution is -2.34. The lowest BCUT2D eigenvalue weighted by Gasteiger charge is -2.20. The normalized spacial score (nSPS) is 12.7. The maximum absolute atomic E-state index is 14.7. The zero-order chi connectivity index (χ0) is 26.9. The third-order valence-corrected chi connectivity index (χ3v) is 5.28. The molecule has 2 aromatic carbocycles. The molecule has 0 unspecified atom stereocenters. The van der Waals surface area contributed by atoms with Gasteiger partial charge in [-0.1, -0.05) is 18.2 Å². The van der Waals surface area contributed by atoms with Crippen molar-refractivity contribution in [2.45, 2.75) is 12.7 Å². The molecule has 0 saturated heterocycles. The minimum Gasteiger partial charge on any atom is -0.454 e. The molecule has 0 radical (unpaired) electrons. The number of alkyl halides is 3. The molecule has 5 rings (SSSR count). The Morgan fingerprint density at radius 3 is 2.58 bits per heavy atom. The van der Waals surface area contributed by atoms with E-state index in [1.165, 1.54) is 48.7 Å². The standard InChI is InChI=1S/C24H16F4N6O4/c25-16-10-13(6-7-18(16)37-17-8-9-29-21-15(17)11-30-22(35)33-21)32-23(36)38-19-12-31-34(20(19)24(26,27)28)14-4-2-1-3-5-14/h1-10,12H,11H2,(H,32,36)(H2,29,30,33,35). The zero-order valence-corrected chi connectivity index (χ0v) is 19.0. The van der Waals surface area contributed by atoms with E-state index in [9.17, 15) is 27.2 Å². The summed E-state index contributed by atoms with van der Waals surface area (Å²) in [6, 6.07) is 11.9. The van der Waals surface area contributed by atoms with Crippen molar-refractivity contribution in [3.8, 4) is 22.9 Å². The number of rotatable bonds is 5. The van der Waals surface area contributed by atoms with Gasteiger partial charge in [-0.15, -0.1) is 0 Å². The van der Waals surface area contributed by atoms with Gasteiger partial charge in [-0.25, -0.2) is 23.6 Å². The van der Waals surface area contributed by atoms with Crippen molar-refractivity contribution >= 4 is 23.6 Å². The minimum absolute atomic E-state index is 0.102. The highest BCUT2D eigenvalue weighted by Crippen LogP contribution is 2.38. The molecule has 38 heavy (non-hydrogen) atoms. The van der Waals surface area contributed by atoms with Gasteiger partial charge < -0.3 is 14.8 Å². The van der Waals surface area contributed by atoms with Crippen LogP contribution < -0.4 is 25.4 Å². The Labute approximate surface area is 211 Å². The summed E-state index contributed by atoms with van der Waals surface area (Å²) in [7, 11) is 0. The Balaban J connectivity index is 1.31. The first-order valence-electron chi connectivity index (χ1n) is 10.9. The Morgan fingerprint density at radius 1 is 1.05 bits per heavy atom. The molecular weight excluding hydrogens is 512 g/mol. The quantitative estimate of drug-likeness (QED) is 0.296. The van der Waals surface area contributed by atoms with Crippen LogP contribution in [0.5, 0.6) is 17.2 Å². The van der Waals surface area contributed by atoms with Crippen LogP contribution in [0.1, 0.15) is 11.3 Å². The fourth-order valence-corrected chi connectivity index (χ4v) is 3.63. The Hall–Kier alpha value is -5.14. The predicted molar refractivity (Wildman–Crippen MR) is 125 cm³/mol. The van der Waals surface area contributed by atoms with Crippen molar-refractivity contribution < 1.29 is 36.6 Å². The van der Waals surface area contributed by atoms with Crippen LogP contribution in [-0.4, -0.2) is 26.9 Å². The van der Waals surface area contributed by atoms with Gasteiger partial charge in [0, 0.05) is 18.0 Å². The van der Waals surface area contributed by atoms with Crippen LogP contribution in [0.4, 0.5) is 38.7 Å². The summed E-state index contributed by atoms with van der Waals surface area (Å²) in [5.74, 6) is -1.42. The zero-order valence-electron chi connectivity index (χ0n) is 19.0. The van der Waals surface area contributed by atoms with Crippen LogP contribution in [0, 0.1) is 5.82 Å². The third-order valence-electron chi connectivity index (χ3n) is 5.28. The number of hydrogen-bond acceptors (Lipinski definition) is 6. The van der Waals surface area contributed by atoms with Gasteiger partial charge in [0.25, 0.3) is 0 Å². The van der Waals surface area contributed by atoms with Crippen LogP contribution in [0.15, 0.2) is 67.0 Å². The van der Waals surface area contributed by atoms with E-state index in [0.717, 1.165) is 12.3 Å². The van der Waals surface area contributed by atoms with Gasteiger partial charge in [-0.3, -0.25) is 10.6 Å². The third kappa shape index (κ3) is 5.04. The second kappa shape index (κ2) is 9.72. The summed E-state index contributed by atoms with van der Waals surface area (Å²) < 4.78 is 67.0. The van der Waals surface area contributed by atoms with E-state index in [1.54, 1.807) is 6.07 Å². The molecule has 3 amide bonds. The number of ether oxygens (including phenoxy) is 2. The number of anilines is 2. The Bertz CT molecular complexity index is 1520. The summed E-state index contributed by atoms with van der Waals surface area (Å²) in [5, 5.41) is 10.9. The van der Waals surface area contributed by atoms with Gasteiger partial charge >= 0.3 is 18.3 Å². The molecule has 0 fully saturated rings. The first kappa shape index (κ1) is 24.5. The molecule has 194 valence electrons. The smallest absolute Gasteiger partial charge is 0.437 e. The molecular formula is C24H16F4N6O4. The van der Waals surface area contributed by atoms with E-state index in [1.807, 2.05) is 0 Å². The molecule has 3 heterocycles. The molecule has 1 aliphatic rings. The van der Waals surface area contributed by atoms with E-state index in [0.29, 0.717) is 10.2 Å². The lowest BCUT2D eigenvalue weighted by molar-refractivity contribution is -0.143. The van der Waals surface area contributed by atoms with E-state index >= 15 is 0 Å². The number of halogens is 4. The first-order valence-corrected chi connectivity index (χ1v) is 10.9. The second-order valence-corrected chi connectivity index (χ2v) is 7.81. The molecule has 0 atom stereocenters. The van der Waals surface area contributed by atoms with Crippen LogP contribution in [0.3, 0.4) is 0 Å². The van der Waals surface area contributed by atoms with Crippen molar-refractivity contribution in [1.29, 1.82) is 0 Å². The maximum atomic E-state index is 14.7. The van der Waals surface area contributed by atoms with Crippen molar-refractivity contribution in [3.63, 3.8) is 0 Å². The number of urea groups is 1. The number of para-hydroxylation sites is 1. The van der Waals surface area contributed by atoms with E-state index < -0.39 is 35.6 Å². The van der Waals surface area contributed by atoms with Crippen molar-refractivity contribution in [2.75, 3.05) is 10.6 Å². The highest BCUT2D eigenvalue weighted by molar-refractivity contribution is 5.91. The maximum Gasteiger partial charge on any atom is 0.437 e. The number of carbonyl (C=O) groups is 2. The lowest BCUT2D eigenvalue weighted by atomic mass is 10.2. The molecule has 4 aromatic rings. The summed E-state index contributed by atoms with van der Waals surface area (Å²) in [6.07, 6.45) is -4.04. The van der Waals surface area contributed by atoms with Gasteiger partial charge in [-0.2, -0.15) is 18.3 Å². The van der Waals surface area contributed by atoms with Crippen LogP contribution in [-0.2, 0) is 12.7 Å². The molecule has 0 spiro atoms. The number of carbonyl (C=O) groups excluding carboxylic acids is 2. The summed E-state index contributed by atoms with van der Waals surface area (Å²) >= 11 is 0. The molecule has 1 aliphatic heterocycles. The number of fused-ring (bicyclic) bond motifs is 1. The Morgan fingerprint density at radius 2 is 1.84 bits per heavy atom. The van der Waals surface area contributed by atoms with Crippen molar-refractivity contribution in [2.24, 2.45) is 0 Å². The highest BCUT2D eigenvalue weighted by atomic mass is 19.4. The monoisotopic (exact) mass is 528 g/mol. The van der Waals surface area contributed by atoms with E-state index in [2.05, 4.69) is 26.0 Å². The van der Waals surface area contributed by atoms with Crippen LogP contribution >= 0.6 is 0 Å². The molecule has 0 aliphatic carbocycles. The highest BCUT2D eigenvalue weighted by Gasteiger charge is 2.40. The number of nitrogens with zero attached hydrogens (tertiary/aromatic N) is 3. The summed E-state index contributed by atoms with van der Waals surface area (Å²) in [4.78, 5) is 27.8. The topological polar surface area (TPSA) is 119 Å².